The van der Waals surface area contributed by atoms with Crippen molar-refractivity contribution in [1.29, 1.82) is 0 Å². The average Bonchev–Trinajstić information content (AvgIpc) is 3.32. The SMILES string of the molecule is COC(=O)C1(c2ccnc(-c3cc(C)c(F)cc3F)c2F)CC1. The van der Waals surface area contributed by atoms with Gasteiger partial charge in [-0.3, -0.25) is 9.78 Å². The zero-order chi connectivity index (χ0) is 16.8. The highest BCUT2D eigenvalue weighted by atomic mass is 19.1. The van der Waals surface area contributed by atoms with Crippen molar-refractivity contribution in [3.8, 4) is 11.3 Å². The van der Waals surface area contributed by atoms with Crippen molar-refractivity contribution < 1.29 is 22.7 Å². The van der Waals surface area contributed by atoms with E-state index in [-0.39, 0.29) is 22.4 Å². The molecule has 1 aliphatic rings. The van der Waals surface area contributed by atoms with Gasteiger partial charge < -0.3 is 4.74 Å². The summed E-state index contributed by atoms with van der Waals surface area (Å²) in [4.78, 5) is 15.8. The van der Waals surface area contributed by atoms with Crippen LogP contribution in [0.2, 0.25) is 0 Å². The molecule has 1 heterocycles. The van der Waals surface area contributed by atoms with E-state index in [0.29, 0.717) is 18.9 Å². The number of ether oxygens (including phenoxy) is 1. The maximum absolute atomic E-state index is 14.9. The van der Waals surface area contributed by atoms with Gasteiger partial charge in [-0.15, -0.1) is 0 Å². The van der Waals surface area contributed by atoms with Gasteiger partial charge in [-0.25, -0.2) is 13.2 Å². The van der Waals surface area contributed by atoms with Gasteiger partial charge in [0.25, 0.3) is 0 Å². The number of methoxy groups -OCH3 is 1. The fraction of sp³-hybridized carbons (Fsp3) is 0.294. The number of hydrogen-bond acceptors (Lipinski definition) is 3. The molecule has 6 heteroatoms. The molecule has 1 fully saturated rings. The van der Waals surface area contributed by atoms with Gasteiger partial charge in [-0.2, -0.15) is 0 Å². The molecule has 2 aromatic rings. The summed E-state index contributed by atoms with van der Waals surface area (Å²) >= 11 is 0. The van der Waals surface area contributed by atoms with Gasteiger partial charge in [0.15, 0.2) is 5.82 Å². The molecule has 1 saturated carbocycles. The Bertz CT molecular complexity index is 801. The van der Waals surface area contributed by atoms with E-state index in [0.717, 1.165) is 0 Å². The number of pyridine rings is 1. The second-order valence-electron chi connectivity index (χ2n) is 5.68. The van der Waals surface area contributed by atoms with Gasteiger partial charge in [-0.05, 0) is 37.5 Å². The smallest absolute Gasteiger partial charge is 0.316 e. The van der Waals surface area contributed by atoms with Crippen LogP contribution in [0.4, 0.5) is 13.2 Å². The highest BCUT2D eigenvalue weighted by Crippen LogP contribution is 2.50. The molecule has 3 rings (SSSR count). The van der Waals surface area contributed by atoms with Crippen LogP contribution in [-0.2, 0) is 14.9 Å². The van der Waals surface area contributed by atoms with Gasteiger partial charge in [0.2, 0.25) is 0 Å². The predicted octanol–water partition coefficient (Wildman–Crippen LogP) is 3.68. The molecule has 0 unspecified atom stereocenters. The van der Waals surface area contributed by atoms with Crippen LogP contribution < -0.4 is 0 Å². The van der Waals surface area contributed by atoms with Gasteiger partial charge in [-0.1, -0.05) is 0 Å². The molecular weight excluding hydrogens is 307 g/mol. The molecular formula is C17H14F3NO2. The number of rotatable bonds is 3. The van der Waals surface area contributed by atoms with Gasteiger partial charge >= 0.3 is 5.97 Å². The number of carbonyl (C=O) groups is 1. The number of carbonyl (C=O) groups excluding carboxylic acids is 1. The van der Waals surface area contributed by atoms with E-state index in [9.17, 15) is 18.0 Å². The second-order valence-corrected chi connectivity index (χ2v) is 5.68. The minimum atomic E-state index is -1.03. The Kier molecular flexibility index (Phi) is 3.62. The number of esters is 1. The van der Waals surface area contributed by atoms with Crippen molar-refractivity contribution >= 4 is 5.97 Å². The molecule has 3 nitrogen and oxygen atoms in total. The molecule has 0 aliphatic heterocycles. The summed E-state index contributed by atoms with van der Waals surface area (Å²) in [6.07, 6.45) is 2.24. The third kappa shape index (κ3) is 2.38. The molecule has 0 spiro atoms. The summed E-state index contributed by atoms with van der Waals surface area (Å²) in [5.41, 5.74) is -1.08. The van der Waals surface area contributed by atoms with Crippen molar-refractivity contribution in [2.45, 2.75) is 25.2 Å². The summed E-state index contributed by atoms with van der Waals surface area (Å²) in [6, 6.07) is 3.31. The van der Waals surface area contributed by atoms with Crippen LogP contribution in [0.25, 0.3) is 11.3 Å². The third-order valence-electron chi connectivity index (χ3n) is 4.23. The van der Waals surface area contributed by atoms with Crippen molar-refractivity contribution in [2.24, 2.45) is 0 Å². The summed E-state index contributed by atoms with van der Waals surface area (Å²) in [5.74, 6) is -2.92. The molecule has 0 N–H and O–H groups in total. The Morgan fingerprint density at radius 1 is 1.22 bits per heavy atom. The van der Waals surface area contributed by atoms with Gasteiger partial charge in [0.05, 0.1) is 12.5 Å². The summed E-state index contributed by atoms with van der Waals surface area (Å²) < 4.78 is 47.0. The van der Waals surface area contributed by atoms with Gasteiger partial charge in [0.1, 0.15) is 17.3 Å². The van der Waals surface area contributed by atoms with E-state index in [1.54, 1.807) is 0 Å². The zero-order valence-corrected chi connectivity index (χ0v) is 12.6. The van der Waals surface area contributed by atoms with E-state index in [4.69, 9.17) is 4.74 Å². The van der Waals surface area contributed by atoms with Gasteiger partial charge in [0, 0.05) is 23.4 Å². The fourth-order valence-electron chi connectivity index (χ4n) is 2.74. The van der Waals surface area contributed by atoms with E-state index in [1.807, 2.05) is 0 Å². The number of halogens is 3. The minimum absolute atomic E-state index is 0.135. The first-order chi connectivity index (χ1) is 10.9. The van der Waals surface area contributed by atoms with Crippen LogP contribution in [0.3, 0.4) is 0 Å². The first-order valence-corrected chi connectivity index (χ1v) is 7.10. The maximum Gasteiger partial charge on any atom is 0.316 e. The van der Waals surface area contributed by atoms with E-state index >= 15 is 0 Å². The normalized spacial score (nSPS) is 15.3. The van der Waals surface area contributed by atoms with E-state index < -0.39 is 28.8 Å². The van der Waals surface area contributed by atoms with Crippen molar-refractivity contribution in [2.75, 3.05) is 7.11 Å². The largest absolute Gasteiger partial charge is 0.468 e. The molecule has 23 heavy (non-hydrogen) atoms. The lowest BCUT2D eigenvalue weighted by Gasteiger charge is -2.16. The van der Waals surface area contributed by atoms with Crippen LogP contribution in [0.15, 0.2) is 24.4 Å². The monoisotopic (exact) mass is 321 g/mol. The van der Waals surface area contributed by atoms with Crippen molar-refractivity contribution in [3.05, 3.63) is 53.0 Å². The molecule has 1 aromatic heterocycles. The van der Waals surface area contributed by atoms with Crippen LogP contribution in [0.1, 0.15) is 24.0 Å². The number of hydrogen-bond donors (Lipinski definition) is 0. The van der Waals surface area contributed by atoms with Crippen LogP contribution in [-0.4, -0.2) is 18.1 Å². The van der Waals surface area contributed by atoms with E-state index in [2.05, 4.69) is 4.98 Å². The Morgan fingerprint density at radius 2 is 1.91 bits per heavy atom. The molecule has 1 aromatic carbocycles. The van der Waals surface area contributed by atoms with Crippen LogP contribution in [0.5, 0.6) is 0 Å². The Labute approximate surface area is 131 Å². The Hall–Kier alpha value is -2.37. The molecule has 0 bridgehead atoms. The number of benzene rings is 1. The summed E-state index contributed by atoms with van der Waals surface area (Å²) in [6.45, 7) is 1.46. The molecule has 120 valence electrons. The van der Waals surface area contributed by atoms with E-state index in [1.165, 1.54) is 32.4 Å². The minimum Gasteiger partial charge on any atom is -0.468 e. The lowest BCUT2D eigenvalue weighted by atomic mass is 9.94. The molecule has 0 atom stereocenters. The lowest BCUT2D eigenvalue weighted by molar-refractivity contribution is -0.143. The highest BCUT2D eigenvalue weighted by molar-refractivity contribution is 5.87. The Morgan fingerprint density at radius 3 is 2.52 bits per heavy atom. The molecule has 0 saturated heterocycles. The number of aryl methyl sites for hydroxylation is 1. The highest BCUT2D eigenvalue weighted by Gasteiger charge is 2.54. The second kappa shape index (κ2) is 5.37. The first kappa shape index (κ1) is 15.5. The fourth-order valence-corrected chi connectivity index (χ4v) is 2.74. The average molecular weight is 321 g/mol. The predicted molar refractivity (Wildman–Crippen MR) is 77.2 cm³/mol. The van der Waals surface area contributed by atoms with Crippen molar-refractivity contribution in [1.82, 2.24) is 4.98 Å². The first-order valence-electron chi connectivity index (χ1n) is 7.10. The van der Waals surface area contributed by atoms with Crippen molar-refractivity contribution in [3.63, 3.8) is 0 Å². The van der Waals surface area contributed by atoms with Crippen LogP contribution >= 0.6 is 0 Å². The van der Waals surface area contributed by atoms with Crippen LogP contribution in [0, 0.1) is 24.4 Å². The zero-order valence-electron chi connectivity index (χ0n) is 12.6. The molecule has 0 radical (unpaired) electrons. The quantitative estimate of drug-likeness (QED) is 0.810. The molecule has 0 amide bonds. The standard InChI is InChI=1S/C17H14F3NO2/c1-9-7-10(13(19)8-12(9)18)15-14(20)11(3-6-21-15)17(4-5-17)16(22)23-2/h3,6-8H,4-5H2,1-2H3. The third-order valence-corrected chi connectivity index (χ3v) is 4.23. The lowest BCUT2D eigenvalue weighted by Crippen LogP contribution is -2.23. The Balaban J connectivity index is 2.15. The topological polar surface area (TPSA) is 39.2 Å². The summed E-state index contributed by atoms with van der Waals surface area (Å²) in [7, 11) is 1.24. The number of aromatic nitrogens is 1. The number of nitrogens with zero attached hydrogens (tertiary/aromatic N) is 1. The summed E-state index contributed by atoms with van der Waals surface area (Å²) in [5, 5.41) is 0. The maximum atomic E-state index is 14.9. The molecule has 1 aliphatic carbocycles.